The van der Waals surface area contributed by atoms with Crippen LogP contribution in [0.2, 0.25) is 0 Å². The minimum Gasteiger partial charge on any atom is -0.309 e. The number of benzene rings is 8. The van der Waals surface area contributed by atoms with Crippen molar-refractivity contribution in [3.8, 4) is 62.1 Å². The van der Waals surface area contributed by atoms with Crippen LogP contribution < -0.4 is 0 Å². The van der Waals surface area contributed by atoms with Gasteiger partial charge in [-0.15, -0.1) is 11.3 Å². The van der Waals surface area contributed by atoms with Crippen molar-refractivity contribution < 1.29 is 13.7 Å². The summed E-state index contributed by atoms with van der Waals surface area (Å²) in [5.41, 5.74) is 6.23. The second-order valence-corrected chi connectivity index (χ2v) is 14.3. The molecule has 11 aromatic rings. The number of nitrogens with zero attached hydrogens (tertiary/aromatic N) is 4. The number of hydrogen-bond acceptors (Lipinski definition) is 4. The molecule has 0 saturated heterocycles. The molecule has 0 amide bonds. The molecule has 0 unspecified atom stereocenters. The summed E-state index contributed by atoms with van der Waals surface area (Å²) in [5.74, 6) is 0.269. The fourth-order valence-electron chi connectivity index (χ4n) is 7.60. The zero-order chi connectivity index (χ0) is 45.7. The van der Waals surface area contributed by atoms with Crippen LogP contribution in [0.1, 0.15) is 13.7 Å². The molecule has 0 fully saturated rings. The zero-order valence-electron chi connectivity index (χ0n) is 39.4. The predicted octanol–water partition coefficient (Wildman–Crippen LogP) is 13.7. The summed E-state index contributed by atoms with van der Waals surface area (Å²) < 4.78 is 90.0. The highest BCUT2D eigenvalue weighted by Crippen LogP contribution is 2.46. The first kappa shape index (κ1) is 23.5. The molecule has 3 aromatic heterocycles. The lowest BCUT2D eigenvalue weighted by Crippen LogP contribution is -2.01. The minimum atomic E-state index is -0.539. The van der Waals surface area contributed by atoms with Crippen LogP contribution in [-0.2, 0) is 0 Å². The van der Waals surface area contributed by atoms with E-state index in [1.807, 2.05) is 84.9 Å². The lowest BCUT2D eigenvalue weighted by atomic mass is 9.99. The van der Waals surface area contributed by atoms with Gasteiger partial charge >= 0.3 is 0 Å². The van der Waals surface area contributed by atoms with Crippen LogP contribution in [0.15, 0.2) is 194 Å². The third kappa shape index (κ3) is 5.32. The predicted molar refractivity (Wildman–Crippen MR) is 234 cm³/mol. The van der Waals surface area contributed by atoms with Gasteiger partial charge in [-0.2, -0.15) is 0 Å². The Labute approximate surface area is 341 Å². The molecule has 4 nitrogen and oxygen atoms in total. The third-order valence-corrected chi connectivity index (χ3v) is 11.3. The molecular formula is C51H32N4S. The van der Waals surface area contributed by atoms with E-state index in [9.17, 15) is 0 Å². The van der Waals surface area contributed by atoms with Gasteiger partial charge in [0.1, 0.15) is 0 Å². The summed E-state index contributed by atoms with van der Waals surface area (Å²) in [7, 11) is 0. The molecule has 8 aromatic carbocycles. The van der Waals surface area contributed by atoms with E-state index in [2.05, 4.69) is 47.0 Å². The van der Waals surface area contributed by atoms with E-state index in [1.54, 1.807) is 6.07 Å². The van der Waals surface area contributed by atoms with E-state index in [0.717, 1.165) is 49.4 Å². The molecule has 0 aliphatic rings. The normalized spacial score (nSPS) is 14.1. The molecule has 11 rings (SSSR count). The molecule has 0 atom stereocenters. The van der Waals surface area contributed by atoms with Crippen molar-refractivity contribution in [3.63, 3.8) is 0 Å². The van der Waals surface area contributed by atoms with Crippen molar-refractivity contribution in [2.24, 2.45) is 0 Å². The van der Waals surface area contributed by atoms with Gasteiger partial charge < -0.3 is 4.57 Å². The largest absolute Gasteiger partial charge is 0.309 e. The fourth-order valence-corrected chi connectivity index (χ4v) is 8.91. The van der Waals surface area contributed by atoms with Crippen LogP contribution in [0, 0.1) is 0 Å². The molecule has 0 radical (unpaired) electrons. The van der Waals surface area contributed by atoms with E-state index in [0.29, 0.717) is 26.1 Å². The highest BCUT2D eigenvalue weighted by atomic mass is 32.1. The number of thiophene rings is 1. The molecule has 0 N–H and O–H groups in total. The van der Waals surface area contributed by atoms with Crippen molar-refractivity contribution in [1.82, 2.24) is 19.5 Å². The number of aromatic nitrogens is 4. The molecule has 0 saturated carbocycles. The highest BCUT2D eigenvalue weighted by molar-refractivity contribution is 7.26. The van der Waals surface area contributed by atoms with Gasteiger partial charge in [0.05, 0.1) is 24.7 Å². The lowest BCUT2D eigenvalue weighted by molar-refractivity contribution is 1.07. The van der Waals surface area contributed by atoms with Crippen molar-refractivity contribution in [1.29, 1.82) is 0 Å². The summed E-state index contributed by atoms with van der Waals surface area (Å²) in [6, 6.07) is 38.9. The first-order chi connectivity index (χ1) is 31.9. The molecule has 3 heterocycles. The minimum absolute atomic E-state index is 0.0748. The van der Waals surface area contributed by atoms with Crippen molar-refractivity contribution in [2.75, 3.05) is 0 Å². The van der Waals surface area contributed by atoms with Gasteiger partial charge in [-0.25, -0.2) is 15.0 Å². The Morgan fingerprint density at radius 1 is 0.411 bits per heavy atom. The Morgan fingerprint density at radius 2 is 0.982 bits per heavy atom. The maximum Gasteiger partial charge on any atom is 0.165 e. The van der Waals surface area contributed by atoms with Gasteiger partial charge in [-0.1, -0.05) is 170 Å². The Kier molecular flexibility index (Phi) is 5.58. The van der Waals surface area contributed by atoms with E-state index in [1.165, 1.54) is 11.3 Å². The van der Waals surface area contributed by atoms with E-state index in [4.69, 9.17) is 28.7 Å². The molecular weight excluding hydrogens is 701 g/mol. The standard InChI is InChI=1S/C51H32N4S/c1-5-17-33(18-6-1)38-26-16-30-45-46(38)41-25-13-14-29-44(41)55(45)37-31-42-40-28-15-27-39(34-19-7-2-8-20-34)47(40)56-48(42)43(32-37)51-53-49(35-21-9-3-10-22-35)52-50(54-51)36-23-11-4-12-24-36/h1-32H/i2D,3D,7D,8D,9D,10D,19D,20D,21D,22D. The van der Waals surface area contributed by atoms with Gasteiger partial charge in [0.2, 0.25) is 0 Å². The van der Waals surface area contributed by atoms with Crippen LogP contribution >= 0.6 is 11.3 Å². The SMILES string of the molecule is [2H]c1c([2H])c([2H])c(-c2nc(-c3ccccc3)nc(-c3cc(-n4c5ccccc5c5c(-c6ccccc6)cccc54)cc4c3sc3c(-c5c([2H])c([2H])c([2H])c([2H])c5[2H])cccc34)n2)c([2H])c1[2H]. The Morgan fingerprint density at radius 3 is 1.75 bits per heavy atom. The van der Waals surface area contributed by atoms with E-state index < -0.39 is 48.3 Å². The Bertz CT molecular complexity index is 3780. The van der Waals surface area contributed by atoms with Gasteiger partial charge in [-0.3, -0.25) is 0 Å². The molecule has 56 heavy (non-hydrogen) atoms. The molecule has 0 aliphatic carbocycles. The van der Waals surface area contributed by atoms with Crippen molar-refractivity contribution in [2.45, 2.75) is 0 Å². The van der Waals surface area contributed by atoms with Crippen LogP contribution in [0.5, 0.6) is 0 Å². The molecule has 0 aliphatic heterocycles. The second-order valence-electron chi connectivity index (χ2n) is 13.2. The van der Waals surface area contributed by atoms with Crippen LogP contribution in [0.4, 0.5) is 0 Å². The summed E-state index contributed by atoms with van der Waals surface area (Å²) in [4.78, 5) is 14.8. The first-order valence-corrected chi connectivity index (χ1v) is 18.8. The Balaban J connectivity index is 1.29. The maximum absolute atomic E-state index is 8.94. The average molecular weight is 743 g/mol. The average Bonchev–Trinajstić information content (AvgIpc) is 3.90. The second kappa shape index (κ2) is 13.3. The van der Waals surface area contributed by atoms with Gasteiger partial charge in [0.25, 0.3) is 0 Å². The molecule has 0 spiro atoms. The summed E-state index contributed by atoms with van der Waals surface area (Å²) in [6.07, 6.45) is 0. The number of hydrogen-bond donors (Lipinski definition) is 0. The third-order valence-electron chi connectivity index (χ3n) is 10.0. The maximum atomic E-state index is 8.94. The first-order valence-electron chi connectivity index (χ1n) is 23.0. The molecule has 262 valence electrons. The van der Waals surface area contributed by atoms with Crippen LogP contribution in [-0.4, -0.2) is 19.5 Å². The summed E-state index contributed by atoms with van der Waals surface area (Å²) in [5, 5.41) is 3.61. The van der Waals surface area contributed by atoms with Gasteiger partial charge in [0.15, 0.2) is 17.5 Å². The molecule has 5 heteroatoms. The lowest BCUT2D eigenvalue weighted by Gasteiger charge is -2.13. The van der Waals surface area contributed by atoms with E-state index in [-0.39, 0.29) is 40.7 Å². The summed E-state index contributed by atoms with van der Waals surface area (Å²) in [6.45, 7) is 0. The summed E-state index contributed by atoms with van der Waals surface area (Å²) >= 11 is 1.36. The van der Waals surface area contributed by atoms with Gasteiger partial charge in [0, 0.05) is 53.3 Å². The number of fused-ring (bicyclic) bond motifs is 6. The van der Waals surface area contributed by atoms with Crippen molar-refractivity contribution in [3.05, 3.63) is 194 Å². The fraction of sp³-hybridized carbons (Fsp3) is 0. The van der Waals surface area contributed by atoms with Crippen molar-refractivity contribution >= 4 is 53.3 Å². The quantitative estimate of drug-likeness (QED) is 0.170. The molecule has 0 bridgehead atoms. The van der Waals surface area contributed by atoms with Crippen LogP contribution in [0.3, 0.4) is 0 Å². The van der Waals surface area contributed by atoms with E-state index >= 15 is 0 Å². The van der Waals surface area contributed by atoms with Gasteiger partial charge in [-0.05, 0) is 46.5 Å². The topological polar surface area (TPSA) is 43.6 Å². The van der Waals surface area contributed by atoms with Crippen LogP contribution in [0.25, 0.3) is 104 Å². The highest BCUT2D eigenvalue weighted by Gasteiger charge is 2.22. The monoisotopic (exact) mass is 742 g/mol. The number of para-hydroxylation sites is 1. The number of rotatable bonds is 6. The smallest absolute Gasteiger partial charge is 0.165 e. The Hall–Kier alpha value is -7.21. The zero-order valence-corrected chi connectivity index (χ0v) is 30.2.